The van der Waals surface area contributed by atoms with Crippen molar-refractivity contribution in [3.05, 3.63) is 75.5 Å². The highest BCUT2D eigenvalue weighted by Gasteiger charge is 2.07. The highest BCUT2D eigenvalue weighted by Crippen LogP contribution is 2.18. The minimum atomic E-state index is 0.408. The lowest BCUT2D eigenvalue weighted by Gasteiger charge is -2.01. The number of H-pyrrole nitrogens is 1. The molecular weight excluding hydrogens is 340 g/mol. The molecule has 1 heterocycles. The van der Waals surface area contributed by atoms with E-state index in [-0.39, 0.29) is 0 Å². The van der Waals surface area contributed by atoms with Crippen LogP contribution in [0.25, 0.3) is 17.5 Å². The molecule has 0 fully saturated rings. The third-order valence-electron chi connectivity index (χ3n) is 3.36. The Hall–Kier alpha value is -2.50. The van der Waals surface area contributed by atoms with Gasteiger partial charge in [-0.3, -0.25) is 0 Å². The second-order valence-corrected chi connectivity index (χ2v) is 6.04. The number of halogens is 1. The largest absolute Gasteiger partial charge is 0.250 e. The quantitative estimate of drug-likeness (QED) is 0.527. The molecule has 0 amide bonds. The lowest BCUT2D eigenvalue weighted by molar-refractivity contribution is 0.872. The number of allylic oxidation sites excluding steroid dienone is 1. The molecule has 0 aliphatic heterocycles. The van der Waals surface area contributed by atoms with E-state index in [0.717, 1.165) is 11.1 Å². The van der Waals surface area contributed by atoms with Crippen molar-refractivity contribution < 1.29 is 0 Å². The molecule has 0 aliphatic carbocycles. The van der Waals surface area contributed by atoms with Gasteiger partial charge in [0.25, 0.3) is 0 Å². The molecule has 0 atom stereocenters. The summed E-state index contributed by atoms with van der Waals surface area (Å²) in [6, 6.07) is 17.8. The van der Waals surface area contributed by atoms with E-state index in [1.807, 2.05) is 67.6 Å². The SMILES string of the molecule is Cc1ccc(-c2n[nH]c(=S)n2/N=C/C(Cl)=C\c2ccccc2)cc1. The Balaban J connectivity index is 1.90. The van der Waals surface area contributed by atoms with Gasteiger partial charge in [-0.15, -0.1) is 0 Å². The van der Waals surface area contributed by atoms with Gasteiger partial charge in [-0.25, -0.2) is 5.10 Å². The van der Waals surface area contributed by atoms with Crippen molar-refractivity contribution in [3.63, 3.8) is 0 Å². The van der Waals surface area contributed by atoms with Gasteiger partial charge in [0.15, 0.2) is 5.82 Å². The van der Waals surface area contributed by atoms with Crippen LogP contribution in [0.3, 0.4) is 0 Å². The van der Waals surface area contributed by atoms with E-state index >= 15 is 0 Å². The van der Waals surface area contributed by atoms with E-state index in [4.69, 9.17) is 23.8 Å². The van der Waals surface area contributed by atoms with E-state index < -0.39 is 0 Å². The predicted molar refractivity (Wildman–Crippen MR) is 102 cm³/mol. The highest BCUT2D eigenvalue weighted by molar-refractivity contribution is 7.71. The fraction of sp³-hybridized carbons (Fsp3) is 0.0556. The van der Waals surface area contributed by atoms with Gasteiger partial charge in [-0.1, -0.05) is 71.8 Å². The fourth-order valence-electron chi connectivity index (χ4n) is 2.15. The normalized spacial score (nSPS) is 12.0. The van der Waals surface area contributed by atoms with Gasteiger partial charge in [0.2, 0.25) is 4.77 Å². The van der Waals surface area contributed by atoms with E-state index in [9.17, 15) is 0 Å². The van der Waals surface area contributed by atoms with Crippen molar-refractivity contribution >= 4 is 36.1 Å². The lowest BCUT2D eigenvalue weighted by Crippen LogP contribution is -1.94. The Kier molecular flexibility index (Phi) is 5.03. The van der Waals surface area contributed by atoms with E-state index in [1.54, 1.807) is 10.9 Å². The third-order valence-corrected chi connectivity index (χ3v) is 3.83. The zero-order valence-electron chi connectivity index (χ0n) is 13.0. The topological polar surface area (TPSA) is 46.0 Å². The molecule has 0 aliphatic rings. The summed E-state index contributed by atoms with van der Waals surface area (Å²) in [6.45, 7) is 2.03. The lowest BCUT2D eigenvalue weighted by atomic mass is 10.1. The van der Waals surface area contributed by atoms with Crippen LogP contribution in [-0.4, -0.2) is 21.1 Å². The summed E-state index contributed by atoms with van der Waals surface area (Å²) in [5.41, 5.74) is 3.11. The summed E-state index contributed by atoms with van der Waals surface area (Å²) < 4.78 is 1.97. The molecule has 3 rings (SSSR count). The first-order valence-electron chi connectivity index (χ1n) is 7.34. The number of benzene rings is 2. The zero-order chi connectivity index (χ0) is 16.9. The number of aromatic nitrogens is 3. The predicted octanol–water partition coefficient (Wildman–Crippen LogP) is 5.03. The van der Waals surface area contributed by atoms with Gasteiger partial charge in [0, 0.05) is 5.56 Å². The Morgan fingerprint density at radius 1 is 1.17 bits per heavy atom. The van der Waals surface area contributed by atoms with E-state index in [1.165, 1.54) is 5.56 Å². The van der Waals surface area contributed by atoms with E-state index in [2.05, 4.69) is 15.3 Å². The molecule has 0 saturated heterocycles. The van der Waals surface area contributed by atoms with Crippen LogP contribution in [0.15, 0.2) is 64.7 Å². The maximum absolute atomic E-state index is 6.24. The Bertz CT molecular complexity index is 937. The molecule has 0 unspecified atom stereocenters. The molecule has 1 aromatic heterocycles. The van der Waals surface area contributed by atoms with Crippen LogP contribution in [0.5, 0.6) is 0 Å². The average molecular weight is 355 g/mol. The molecule has 2 aromatic carbocycles. The standard InChI is InChI=1S/C18H15ClN4S/c1-13-7-9-15(10-8-13)17-21-22-18(24)23(17)20-12-16(19)11-14-5-3-2-4-6-14/h2-12H,1H3,(H,22,24)/b16-11+,20-12+. The molecular formula is C18H15ClN4S. The van der Waals surface area contributed by atoms with Crippen molar-refractivity contribution in [2.24, 2.45) is 5.10 Å². The fourth-order valence-corrected chi connectivity index (χ4v) is 2.50. The molecule has 24 heavy (non-hydrogen) atoms. The second-order valence-electron chi connectivity index (χ2n) is 5.21. The minimum Gasteiger partial charge on any atom is -0.250 e. The average Bonchev–Trinajstić information content (AvgIpc) is 2.95. The van der Waals surface area contributed by atoms with E-state index in [0.29, 0.717) is 15.6 Å². The summed E-state index contributed by atoms with van der Waals surface area (Å²) in [7, 11) is 0. The van der Waals surface area contributed by atoms with Gasteiger partial charge >= 0.3 is 0 Å². The van der Waals surface area contributed by atoms with Gasteiger partial charge in [0.05, 0.1) is 11.2 Å². The Morgan fingerprint density at radius 2 is 1.88 bits per heavy atom. The smallest absolute Gasteiger partial charge is 0.216 e. The molecule has 3 aromatic rings. The molecule has 120 valence electrons. The second kappa shape index (κ2) is 7.38. The van der Waals surface area contributed by atoms with Gasteiger partial charge < -0.3 is 0 Å². The summed E-state index contributed by atoms with van der Waals surface area (Å²) in [6.07, 6.45) is 3.39. The molecule has 0 spiro atoms. The maximum atomic E-state index is 6.24. The van der Waals surface area contributed by atoms with Crippen LogP contribution in [0, 0.1) is 11.7 Å². The molecule has 6 heteroatoms. The van der Waals surface area contributed by atoms with Crippen LogP contribution in [0.4, 0.5) is 0 Å². The highest BCUT2D eigenvalue weighted by atomic mass is 35.5. The molecule has 1 N–H and O–H groups in total. The number of aryl methyl sites for hydroxylation is 1. The van der Waals surface area contributed by atoms with Crippen LogP contribution >= 0.6 is 23.8 Å². The van der Waals surface area contributed by atoms with Crippen LogP contribution in [-0.2, 0) is 0 Å². The number of hydrogen-bond acceptors (Lipinski definition) is 3. The third kappa shape index (κ3) is 3.88. The summed E-state index contributed by atoms with van der Waals surface area (Å²) in [5, 5.41) is 11.9. The summed E-state index contributed by atoms with van der Waals surface area (Å²) >= 11 is 11.5. The summed E-state index contributed by atoms with van der Waals surface area (Å²) in [4.78, 5) is 0. The van der Waals surface area contributed by atoms with Gasteiger partial charge in [0.1, 0.15) is 0 Å². The molecule has 0 saturated carbocycles. The van der Waals surface area contributed by atoms with Crippen LogP contribution in [0.2, 0.25) is 0 Å². The molecule has 0 bridgehead atoms. The van der Waals surface area contributed by atoms with Crippen molar-refractivity contribution in [3.8, 4) is 11.4 Å². The summed E-state index contributed by atoms with van der Waals surface area (Å²) in [5.74, 6) is 0.639. The number of aromatic amines is 1. The first-order valence-corrected chi connectivity index (χ1v) is 8.13. The van der Waals surface area contributed by atoms with Crippen molar-refractivity contribution in [1.29, 1.82) is 0 Å². The van der Waals surface area contributed by atoms with Crippen molar-refractivity contribution in [2.45, 2.75) is 6.92 Å². The van der Waals surface area contributed by atoms with Crippen molar-refractivity contribution in [2.75, 3.05) is 0 Å². The number of hydrogen-bond donors (Lipinski definition) is 1. The number of rotatable bonds is 4. The zero-order valence-corrected chi connectivity index (χ0v) is 14.6. The minimum absolute atomic E-state index is 0.408. The van der Waals surface area contributed by atoms with Crippen molar-refractivity contribution in [1.82, 2.24) is 14.9 Å². The van der Waals surface area contributed by atoms with Crippen LogP contribution in [0.1, 0.15) is 11.1 Å². The van der Waals surface area contributed by atoms with Gasteiger partial charge in [-0.2, -0.15) is 14.9 Å². The Labute approximate surface area is 150 Å². The van der Waals surface area contributed by atoms with Crippen LogP contribution < -0.4 is 0 Å². The number of nitrogens with zero attached hydrogens (tertiary/aromatic N) is 3. The maximum Gasteiger partial charge on any atom is 0.216 e. The Morgan fingerprint density at radius 3 is 2.58 bits per heavy atom. The first-order chi connectivity index (χ1) is 11.6. The monoisotopic (exact) mass is 354 g/mol. The first kappa shape index (κ1) is 16.4. The molecule has 4 nitrogen and oxygen atoms in total. The molecule has 0 radical (unpaired) electrons. The van der Waals surface area contributed by atoms with Gasteiger partial charge in [-0.05, 0) is 30.8 Å². The number of nitrogens with one attached hydrogen (secondary N) is 1.